The zero-order valence-corrected chi connectivity index (χ0v) is 14.3. The van der Waals surface area contributed by atoms with E-state index in [1.54, 1.807) is 6.07 Å². The van der Waals surface area contributed by atoms with Gasteiger partial charge in [0.05, 0.1) is 0 Å². The molecule has 1 atom stereocenters. The van der Waals surface area contributed by atoms with E-state index in [2.05, 4.69) is 10.6 Å². The highest BCUT2D eigenvalue weighted by atomic mass is 16.2. The van der Waals surface area contributed by atoms with Crippen molar-refractivity contribution in [1.29, 1.82) is 0 Å². The molecule has 122 valence electrons. The number of aryl methyl sites for hydroxylation is 1. The van der Waals surface area contributed by atoms with Gasteiger partial charge in [0.1, 0.15) is 6.04 Å². The molecule has 1 unspecified atom stereocenters. The number of rotatable bonds is 7. The molecule has 0 aliphatic carbocycles. The molecule has 0 aromatic heterocycles. The summed E-state index contributed by atoms with van der Waals surface area (Å²) in [5, 5.41) is 5.87. The molecule has 1 rings (SSSR count). The van der Waals surface area contributed by atoms with Crippen LogP contribution < -0.4 is 10.6 Å². The van der Waals surface area contributed by atoms with E-state index in [0.29, 0.717) is 5.56 Å². The summed E-state index contributed by atoms with van der Waals surface area (Å²) in [6.45, 7) is 9.91. The first-order valence-corrected chi connectivity index (χ1v) is 8.06. The second-order valence-electron chi connectivity index (χ2n) is 6.09. The lowest BCUT2D eigenvalue weighted by Gasteiger charge is -2.24. The minimum Gasteiger partial charge on any atom is -0.352 e. The minimum atomic E-state index is -0.520. The molecule has 2 amide bonds. The first kappa shape index (κ1) is 18.2. The number of carbonyl (C=O) groups is 2. The Morgan fingerprint density at radius 2 is 1.73 bits per heavy atom. The number of benzene rings is 1. The monoisotopic (exact) mass is 304 g/mol. The smallest absolute Gasteiger partial charge is 0.251 e. The maximum atomic E-state index is 12.4. The van der Waals surface area contributed by atoms with E-state index >= 15 is 0 Å². The van der Waals surface area contributed by atoms with Crippen LogP contribution in [0, 0.1) is 12.8 Å². The van der Waals surface area contributed by atoms with E-state index in [4.69, 9.17) is 0 Å². The normalized spacial score (nSPS) is 12.3. The highest BCUT2D eigenvalue weighted by Crippen LogP contribution is 2.08. The summed E-state index contributed by atoms with van der Waals surface area (Å²) in [7, 11) is 0. The van der Waals surface area contributed by atoms with Crippen LogP contribution in [0.2, 0.25) is 0 Å². The molecule has 0 spiro atoms. The van der Waals surface area contributed by atoms with Gasteiger partial charge >= 0.3 is 0 Å². The third-order valence-electron chi connectivity index (χ3n) is 3.85. The fraction of sp³-hybridized carbons (Fsp3) is 0.556. The molecule has 0 aliphatic heterocycles. The predicted octanol–water partition coefficient (Wildman–Crippen LogP) is 3.05. The van der Waals surface area contributed by atoms with Crippen LogP contribution in [0.4, 0.5) is 0 Å². The fourth-order valence-electron chi connectivity index (χ4n) is 2.33. The maximum absolute atomic E-state index is 12.4. The van der Waals surface area contributed by atoms with Crippen molar-refractivity contribution >= 4 is 11.8 Å². The van der Waals surface area contributed by atoms with Crippen molar-refractivity contribution in [3.8, 4) is 0 Å². The van der Waals surface area contributed by atoms with Crippen LogP contribution >= 0.6 is 0 Å². The summed E-state index contributed by atoms with van der Waals surface area (Å²) in [5.41, 5.74) is 1.61. The Morgan fingerprint density at radius 3 is 2.23 bits per heavy atom. The Balaban J connectivity index is 2.79. The van der Waals surface area contributed by atoms with Crippen LogP contribution in [0.1, 0.15) is 56.5 Å². The van der Waals surface area contributed by atoms with Crippen LogP contribution in [0.25, 0.3) is 0 Å². The third kappa shape index (κ3) is 5.17. The van der Waals surface area contributed by atoms with Gasteiger partial charge in [0.15, 0.2) is 0 Å². The molecule has 0 saturated carbocycles. The van der Waals surface area contributed by atoms with Gasteiger partial charge in [-0.25, -0.2) is 0 Å². The van der Waals surface area contributed by atoms with E-state index in [9.17, 15) is 9.59 Å². The van der Waals surface area contributed by atoms with Crippen LogP contribution in [-0.4, -0.2) is 23.9 Å². The molecule has 0 aliphatic rings. The van der Waals surface area contributed by atoms with Crippen molar-refractivity contribution in [1.82, 2.24) is 10.6 Å². The van der Waals surface area contributed by atoms with E-state index in [1.807, 2.05) is 52.8 Å². The average molecular weight is 304 g/mol. The average Bonchev–Trinajstić information content (AvgIpc) is 2.49. The van der Waals surface area contributed by atoms with Crippen LogP contribution in [-0.2, 0) is 4.79 Å². The van der Waals surface area contributed by atoms with Crippen molar-refractivity contribution in [3.63, 3.8) is 0 Å². The maximum Gasteiger partial charge on any atom is 0.251 e. The molecule has 0 fully saturated rings. The van der Waals surface area contributed by atoms with Crippen LogP contribution in [0.15, 0.2) is 24.3 Å². The molecule has 0 radical (unpaired) electrons. The summed E-state index contributed by atoms with van der Waals surface area (Å²) in [6.07, 6.45) is 1.78. The lowest BCUT2D eigenvalue weighted by atomic mass is 10.0. The first-order valence-electron chi connectivity index (χ1n) is 8.06. The van der Waals surface area contributed by atoms with Crippen molar-refractivity contribution in [2.45, 2.75) is 59.5 Å². The van der Waals surface area contributed by atoms with Gasteiger partial charge < -0.3 is 10.6 Å². The molecule has 0 heterocycles. The largest absolute Gasteiger partial charge is 0.352 e. The number of carbonyl (C=O) groups excluding carboxylic acids is 2. The van der Waals surface area contributed by atoms with Crippen LogP contribution in [0.3, 0.4) is 0 Å². The SMILES string of the molecule is CCC(CC)NC(=O)C(NC(=O)c1cccc(C)c1)C(C)C. The molecule has 0 saturated heterocycles. The molecular weight excluding hydrogens is 276 g/mol. The molecular formula is C18H28N2O2. The molecule has 2 N–H and O–H groups in total. The second-order valence-corrected chi connectivity index (χ2v) is 6.09. The molecule has 4 heteroatoms. The Morgan fingerprint density at radius 1 is 1.09 bits per heavy atom. The van der Waals surface area contributed by atoms with Gasteiger partial charge in [-0.05, 0) is 37.8 Å². The Hall–Kier alpha value is -1.84. The Kier molecular flexibility index (Phi) is 7.09. The van der Waals surface area contributed by atoms with Crippen molar-refractivity contribution in [2.75, 3.05) is 0 Å². The molecule has 1 aromatic carbocycles. The molecule has 0 bridgehead atoms. The number of nitrogens with one attached hydrogen (secondary N) is 2. The Bertz CT molecular complexity index is 508. The first-order chi connectivity index (χ1) is 10.4. The number of hydrogen-bond acceptors (Lipinski definition) is 2. The van der Waals surface area contributed by atoms with Crippen molar-refractivity contribution in [3.05, 3.63) is 35.4 Å². The molecule has 4 nitrogen and oxygen atoms in total. The summed E-state index contributed by atoms with van der Waals surface area (Å²) >= 11 is 0. The van der Waals surface area contributed by atoms with Crippen molar-refractivity contribution < 1.29 is 9.59 Å². The van der Waals surface area contributed by atoms with Gasteiger partial charge in [-0.1, -0.05) is 45.4 Å². The Labute approximate surface area is 133 Å². The standard InChI is InChI=1S/C18H28N2O2/c1-6-15(7-2)19-18(22)16(12(3)4)20-17(21)14-10-8-9-13(5)11-14/h8-12,15-16H,6-7H2,1-5H3,(H,19,22)(H,20,21). The topological polar surface area (TPSA) is 58.2 Å². The third-order valence-corrected chi connectivity index (χ3v) is 3.85. The lowest BCUT2D eigenvalue weighted by molar-refractivity contribution is -0.124. The van der Waals surface area contributed by atoms with Gasteiger partial charge in [-0.15, -0.1) is 0 Å². The van der Waals surface area contributed by atoms with Crippen molar-refractivity contribution in [2.24, 2.45) is 5.92 Å². The highest BCUT2D eigenvalue weighted by Gasteiger charge is 2.25. The summed E-state index contributed by atoms with van der Waals surface area (Å²) in [6, 6.07) is 7.01. The van der Waals surface area contributed by atoms with Gasteiger partial charge in [-0.3, -0.25) is 9.59 Å². The van der Waals surface area contributed by atoms with Gasteiger partial charge in [0.2, 0.25) is 5.91 Å². The summed E-state index contributed by atoms with van der Waals surface area (Å²) < 4.78 is 0. The zero-order valence-electron chi connectivity index (χ0n) is 14.3. The summed E-state index contributed by atoms with van der Waals surface area (Å²) in [4.78, 5) is 24.8. The molecule has 1 aromatic rings. The lowest BCUT2D eigenvalue weighted by Crippen LogP contribution is -2.51. The van der Waals surface area contributed by atoms with Crippen LogP contribution in [0.5, 0.6) is 0 Å². The van der Waals surface area contributed by atoms with Gasteiger partial charge in [-0.2, -0.15) is 0 Å². The van der Waals surface area contributed by atoms with E-state index in [-0.39, 0.29) is 23.8 Å². The van der Waals surface area contributed by atoms with Gasteiger partial charge in [0, 0.05) is 11.6 Å². The van der Waals surface area contributed by atoms with E-state index in [1.165, 1.54) is 0 Å². The quantitative estimate of drug-likeness (QED) is 0.813. The minimum absolute atomic E-state index is 0.0307. The second kappa shape index (κ2) is 8.57. The summed E-state index contributed by atoms with van der Waals surface area (Å²) in [5.74, 6) is -0.282. The predicted molar refractivity (Wildman–Crippen MR) is 89.8 cm³/mol. The number of amides is 2. The molecule has 22 heavy (non-hydrogen) atoms. The van der Waals surface area contributed by atoms with E-state index in [0.717, 1.165) is 18.4 Å². The van der Waals surface area contributed by atoms with Gasteiger partial charge in [0.25, 0.3) is 5.91 Å². The zero-order chi connectivity index (χ0) is 16.7. The van der Waals surface area contributed by atoms with E-state index < -0.39 is 6.04 Å². The highest BCUT2D eigenvalue weighted by molar-refractivity contribution is 5.97. The fourth-order valence-corrected chi connectivity index (χ4v) is 2.33. The number of hydrogen-bond donors (Lipinski definition) is 2.